The number of hydrogen-bond donors (Lipinski definition) is 1. The molecule has 0 aliphatic heterocycles. The lowest BCUT2D eigenvalue weighted by molar-refractivity contribution is -0.122. The monoisotopic (exact) mass is 368 g/mol. The molecule has 2 aliphatic rings. The molecular weight excluding hydrogens is 340 g/mol. The fraction of sp³-hybridized carbons (Fsp3) is 0.619. The predicted molar refractivity (Wildman–Crippen MR) is 102 cm³/mol. The molecule has 0 unspecified atom stereocenters. The maximum atomic E-state index is 12.0. The van der Waals surface area contributed by atoms with Crippen LogP contribution in [0.3, 0.4) is 0 Å². The predicted octanol–water partition coefficient (Wildman–Crippen LogP) is 3.79. The second-order valence-electron chi connectivity index (χ2n) is 8.33. The Labute approximate surface area is 160 Å². The van der Waals surface area contributed by atoms with Crippen LogP contribution in [0.1, 0.15) is 62.2 Å². The summed E-state index contributed by atoms with van der Waals surface area (Å²) in [5.74, 6) is 3.59. The summed E-state index contributed by atoms with van der Waals surface area (Å²) in [5, 5.41) is 7.17. The fourth-order valence-corrected chi connectivity index (χ4v) is 4.18. The number of nitrogens with zero attached hydrogens (tertiary/aromatic N) is 3. The standard InChI is InChI=1S/C21H28N4O2/c1-12-8-17(12)21(26)23-10-15-4-6-16(7-5-15)20-18(11-22-14(3)24-20)19-9-13(2)25-27-19/h9,11-12,15-17H,4-8,10H2,1-3H3,(H,23,26)/t12-,15?,16?,17-/m0/s1. The third-order valence-electron chi connectivity index (χ3n) is 6.08. The van der Waals surface area contributed by atoms with Gasteiger partial charge in [0.05, 0.1) is 17.0 Å². The van der Waals surface area contributed by atoms with Crippen LogP contribution < -0.4 is 5.32 Å². The van der Waals surface area contributed by atoms with E-state index in [0.717, 1.165) is 67.2 Å². The molecule has 2 aliphatic carbocycles. The minimum atomic E-state index is 0.249. The molecule has 6 heteroatoms. The average Bonchev–Trinajstić information content (AvgIpc) is 3.25. The normalized spacial score (nSPS) is 27.4. The SMILES string of the molecule is Cc1cc(-c2cnc(C)nc2C2CCC(CNC(=O)[C@H]3C[C@@H]3C)CC2)on1. The number of carbonyl (C=O) groups is 1. The molecule has 6 nitrogen and oxygen atoms in total. The number of rotatable bonds is 5. The highest BCUT2D eigenvalue weighted by Gasteiger charge is 2.39. The first kappa shape index (κ1) is 18.1. The maximum Gasteiger partial charge on any atom is 0.223 e. The van der Waals surface area contributed by atoms with Gasteiger partial charge in [-0.3, -0.25) is 4.79 Å². The lowest BCUT2D eigenvalue weighted by Gasteiger charge is -2.29. The third kappa shape index (κ3) is 4.04. The van der Waals surface area contributed by atoms with Crippen molar-refractivity contribution < 1.29 is 9.32 Å². The van der Waals surface area contributed by atoms with Crippen molar-refractivity contribution in [3.8, 4) is 11.3 Å². The highest BCUT2D eigenvalue weighted by Crippen LogP contribution is 2.40. The summed E-state index contributed by atoms with van der Waals surface area (Å²) < 4.78 is 5.47. The van der Waals surface area contributed by atoms with Gasteiger partial charge in [-0.05, 0) is 57.8 Å². The van der Waals surface area contributed by atoms with Gasteiger partial charge in [0.25, 0.3) is 0 Å². The van der Waals surface area contributed by atoms with Crippen LogP contribution in [0.4, 0.5) is 0 Å². The van der Waals surface area contributed by atoms with E-state index in [0.29, 0.717) is 17.8 Å². The van der Waals surface area contributed by atoms with Crippen LogP contribution in [0.15, 0.2) is 16.8 Å². The van der Waals surface area contributed by atoms with Crippen LogP contribution in [-0.2, 0) is 4.79 Å². The van der Waals surface area contributed by atoms with Crippen molar-refractivity contribution in [2.45, 2.75) is 58.8 Å². The van der Waals surface area contributed by atoms with E-state index >= 15 is 0 Å². The first-order valence-corrected chi connectivity index (χ1v) is 10.1. The molecule has 2 fully saturated rings. The highest BCUT2D eigenvalue weighted by atomic mass is 16.5. The summed E-state index contributed by atoms with van der Waals surface area (Å²) in [4.78, 5) is 21.2. The average molecular weight is 368 g/mol. The summed E-state index contributed by atoms with van der Waals surface area (Å²) >= 11 is 0. The third-order valence-corrected chi connectivity index (χ3v) is 6.08. The van der Waals surface area contributed by atoms with Crippen molar-refractivity contribution in [2.75, 3.05) is 6.54 Å². The lowest BCUT2D eigenvalue weighted by Crippen LogP contribution is -2.32. The Bertz CT molecular complexity index is 823. The molecule has 144 valence electrons. The molecule has 27 heavy (non-hydrogen) atoms. The Hall–Kier alpha value is -2.24. The number of carbonyl (C=O) groups excluding carboxylic acids is 1. The zero-order valence-corrected chi connectivity index (χ0v) is 16.4. The van der Waals surface area contributed by atoms with Gasteiger partial charge in [-0.2, -0.15) is 0 Å². The van der Waals surface area contributed by atoms with Gasteiger partial charge < -0.3 is 9.84 Å². The Kier molecular flexibility index (Phi) is 4.98. The summed E-state index contributed by atoms with van der Waals surface area (Å²) in [5.41, 5.74) is 2.90. The van der Waals surface area contributed by atoms with Crippen LogP contribution in [0.5, 0.6) is 0 Å². The quantitative estimate of drug-likeness (QED) is 0.868. The van der Waals surface area contributed by atoms with Gasteiger partial charge in [-0.15, -0.1) is 0 Å². The maximum absolute atomic E-state index is 12.0. The van der Waals surface area contributed by atoms with Gasteiger partial charge in [0, 0.05) is 30.6 Å². The Balaban J connectivity index is 1.39. The van der Waals surface area contributed by atoms with Crippen LogP contribution in [0.2, 0.25) is 0 Å². The summed E-state index contributed by atoms with van der Waals surface area (Å²) in [6.45, 7) is 6.81. The van der Waals surface area contributed by atoms with E-state index in [-0.39, 0.29) is 11.8 Å². The number of hydrogen-bond acceptors (Lipinski definition) is 5. The molecule has 2 aromatic heterocycles. The van der Waals surface area contributed by atoms with E-state index in [1.165, 1.54) is 0 Å². The Morgan fingerprint density at radius 1 is 1.26 bits per heavy atom. The van der Waals surface area contributed by atoms with E-state index in [2.05, 4.69) is 22.4 Å². The van der Waals surface area contributed by atoms with Gasteiger partial charge in [0.15, 0.2) is 5.76 Å². The molecule has 0 spiro atoms. The molecule has 0 bridgehead atoms. The zero-order valence-electron chi connectivity index (χ0n) is 16.4. The summed E-state index contributed by atoms with van der Waals surface area (Å²) in [6, 6.07) is 1.94. The lowest BCUT2D eigenvalue weighted by atomic mass is 9.79. The smallest absolute Gasteiger partial charge is 0.223 e. The molecule has 2 saturated carbocycles. The first-order valence-electron chi connectivity index (χ1n) is 10.1. The molecule has 1 N–H and O–H groups in total. The van der Waals surface area contributed by atoms with Gasteiger partial charge >= 0.3 is 0 Å². The van der Waals surface area contributed by atoms with Crippen molar-refractivity contribution in [1.82, 2.24) is 20.4 Å². The van der Waals surface area contributed by atoms with Gasteiger partial charge in [0.1, 0.15) is 5.82 Å². The second kappa shape index (κ2) is 7.41. The molecule has 2 atom stereocenters. The number of aromatic nitrogens is 3. The molecular formula is C21H28N4O2. The Morgan fingerprint density at radius 2 is 2.00 bits per heavy atom. The Morgan fingerprint density at radius 3 is 2.63 bits per heavy atom. The molecule has 2 aromatic rings. The number of amides is 1. The van der Waals surface area contributed by atoms with E-state index in [1.54, 1.807) is 0 Å². The number of aryl methyl sites for hydroxylation is 2. The zero-order chi connectivity index (χ0) is 19.0. The van der Waals surface area contributed by atoms with Crippen molar-refractivity contribution in [2.24, 2.45) is 17.8 Å². The van der Waals surface area contributed by atoms with Crippen LogP contribution >= 0.6 is 0 Å². The van der Waals surface area contributed by atoms with Crippen molar-refractivity contribution in [3.05, 3.63) is 29.5 Å². The molecule has 2 heterocycles. The largest absolute Gasteiger partial charge is 0.356 e. The van der Waals surface area contributed by atoms with Crippen LogP contribution in [0, 0.1) is 31.6 Å². The van der Waals surface area contributed by atoms with Crippen LogP contribution in [0.25, 0.3) is 11.3 Å². The minimum absolute atomic E-state index is 0.249. The van der Waals surface area contributed by atoms with E-state index in [9.17, 15) is 4.79 Å². The van der Waals surface area contributed by atoms with Crippen molar-refractivity contribution in [3.63, 3.8) is 0 Å². The summed E-state index contributed by atoms with van der Waals surface area (Å²) in [6.07, 6.45) is 7.30. The highest BCUT2D eigenvalue weighted by molar-refractivity contribution is 5.81. The van der Waals surface area contributed by atoms with Gasteiger partial charge in [0.2, 0.25) is 5.91 Å². The van der Waals surface area contributed by atoms with E-state index < -0.39 is 0 Å². The molecule has 0 aromatic carbocycles. The topological polar surface area (TPSA) is 80.9 Å². The van der Waals surface area contributed by atoms with Crippen LogP contribution in [-0.4, -0.2) is 27.6 Å². The second-order valence-corrected chi connectivity index (χ2v) is 8.33. The fourth-order valence-electron chi connectivity index (χ4n) is 4.18. The first-order chi connectivity index (χ1) is 13.0. The molecule has 4 rings (SSSR count). The van der Waals surface area contributed by atoms with Gasteiger partial charge in [-0.25, -0.2) is 9.97 Å². The van der Waals surface area contributed by atoms with Crippen molar-refractivity contribution in [1.29, 1.82) is 0 Å². The van der Waals surface area contributed by atoms with Gasteiger partial charge in [-0.1, -0.05) is 12.1 Å². The number of nitrogens with one attached hydrogen (secondary N) is 1. The molecule has 1 amide bonds. The summed E-state index contributed by atoms with van der Waals surface area (Å²) in [7, 11) is 0. The van der Waals surface area contributed by atoms with E-state index in [4.69, 9.17) is 9.51 Å². The van der Waals surface area contributed by atoms with Crippen molar-refractivity contribution >= 4 is 5.91 Å². The van der Waals surface area contributed by atoms with E-state index in [1.807, 2.05) is 26.1 Å². The minimum Gasteiger partial charge on any atom is -0.356 e. The molecule has 0 saturated heterocycles. The molecule has 0 radical (unpaired) electrons.